The Kier molecular flexibility index (Phi) is 4.46. The van der Waals surface area contributed by atoms with Gasteiger partial charge in [0.25, 0.3) is 5.56 Å². The SMILES string of the molecule is COc1cc(-c2c(C(=O)O)c(N)[nH]c(=O)c2C(=O)O)ccc1C(=O)O. The fraction of sp³-hybridized carbons (Fsp3) is 0.0667. The Bertz CT molecular complexity index is 961. The minimum absolute atomic E-state index is 0.0468. The predicted octanol–water partition coefficient (Wildman–Crippen LogP) is 0.727. The van der Waals surface area contributed by atoms with E-state index in [1.54, 1.807) is 0 Å². The van der Waals surface area contributed by atoms with Crippen LogP contribution >= 0.6 is 0 Å². The standard InChI is InChI=1S/C15H12N2O8/c1-25-7-4-5(2-3-6(7)13(19)20)8-9(14(21)22)11(16)17-12(18)10(8)15(23)24/h2-4H,1H3,(H,19,20)(H,21,22)(H,23,24)(H3,16,17,18). The summed E-state index contributed by atoms with van der Waals surface area (Å²) in [6, 6.07) is 3.39. The maximum atomic E-state index is 11.9. The molecular weight excluding hydrogens is 336 g/mol. The molecule has 1 aromatic heterocycles. The normalized spacial score (nSPS) is 10.3. The Balaban J connectivity index is 2.95. The number of hydrogen-bond acceptors (Lipinski definition) is 6. The number of carboxylic acids is 3. The number of H-pyrrole nitrogens is 1. The summed E-state index contributed by atoms with van der Waals surface area (Å²) in [6.45, 7) is 0. The van der Waals surface area contributed by atoms with Gasteiger partial charge < -0.3 is 30.8 Å². The molecule has 0 radical (unpaired) electrons. The van der Waals surface area contributed by atoms with Gasteiger partial charge in [0, 0.05) is 5.56 Å². The largest absolute Gasteiger partial charge is 0.496 e. The number of nitrogens with two attached hydrogens (primary N) is 1. The fourth-order valence-electron chi connectivity index (χ4n) is 2.36. The highest BCUT2D eigenvalue weighted by Gasteiger charge is 2.27. The zero-order chi connectivity index (χ0) is 18.9. The number of ether oxygens (including phenoxy) is 1. The van der Waals surface area contributed by atoms with E-state index in [0.29, 0.717) is 0 Å². The van der Waals surface area contributed by atoms with E-state index < -0.39 is 46.0 Å². The molecule has 0 atom stereocenters. The van der Waals surface area contributed by atoms with Crippen LogP contribution in [0.1, 0.15) is 31.1 Å². The summed E-state index contributed by atoms with van der Waals surface area (Å²) >= 11 is 0. The van der Waals surface area contributed by atoms with Gasteiger partial charge in [-0.3, -0.25) is 4.79 Å². The molecule has 0 saturated heterocycles. The number of anilines is 1. The van der Waals surface area contributed by atoms with Crippen LogP contribution in [0.4, 0.5) is 5.82 Å². The van der Waals surface area contributed by atoms with E-state index in [9.17, 15) is 29.4 Å². The van der Waals surface area contributed by atoms with Gasteiger partial charge in [0.1, 0.15) is 28.3 Å². The smallest absolute Gasteiger partial charge is 0.342 e. The van der Waals surface area contributed by atoms with Crippen molar-refractivity contribution in [3.63, 3.8) is 0 Å². The Labute approximate surface area is 139 Å². The second-order valence-corrected chi connectivity index (χ2v) is 4.82. The molecule has 10 nitrogen and oxygen atoms in total. The monoisotopic (exact) mass is 348 g/mol. The highest BCUT2D eigenvalue weighted by molar-refractivity contribution is 6.07. The van der Waals surface area contributed by atoms with Crippen LogP contribution in [0.15, 0.2) is 23.0 Å². The molecule has 0 fully saturated rings. The van der Waals surface area contributed by atoms with Crippen LogP contribution < -0.4 is 16.0 Å². The first-order valence-electron chi connectivity index (χ1n) is 6.63. The average molecular weight is 348 g/mol. The average Bonchev–Trinajstić information content (AvgIpc) is 2.52. The Morgan fingerprint density at radius 2 is 1.64 bits per heavy atom. The molecule has 0 spiro atoms. The molecule has 0 aliphatic carbocycles. The molecule has 25 heavy (non-hydrogen) atoms. The number of methoxy groups -OCH3 is 1. The second kappa shape index (κ2) is 6.35. The van der Waals surface area contributed by atoms with Gasteiger partial charge in [0.15, 0.2) is 0 Å². The zero-order valence-corrected chi connectivity index (χ0v) is 12.7. The molecule has 0 aliphatic heterocycles. The fourth-order valence-corrected chi connectivity index (χ4v) is 2.36. The molecule has 2 aromatic rings. The van der Waals surface area contributed by atoms with Crippen molar-refractivity contribution < 1.29 is 34.4 Å². The van der Waals surface area contributed by atoms with Gasteiger partial charge in [-0.25, -0.2) is 14.4 Å². The maximum Gasteiger partial charge on any atom is 0.342 e. The van der Waals surface area contributed by atoms with Crippen molar-refractivity contribution in [1.29, 1.82) is 0 Å². The van der Waals surface area contributed by atoms with Crippen molar-refractivity contribution in [3.8, 4) is 16.9 Å². The number of aromatic carboxylic acids is 3. The third-order valence-electron chi connectivity index (χ3n) is 3.39. The summed E-state index contributed by atoms with van der Waals surface area (Å²) in [5.74, 6) is -5.20. The van der Waals surface area contributed by atoms with Crippen LogP contribution in [0.2, 0.25) is 0 Å². The summed E-state index contributed by atoms with van der Waals surface area (Å²) in [5, 5.41) is 27.7. The molecule has 0 saturated carbocycles. The van der Waals surface area contributed by atoms with Crippen LogP contribution in [0.25, 0.3) is 11.1 Å². The maximum absolute atomic E-state index is 11.9. The van der Waals surface area contributed by atoms with Crippen LogP contribution in [0.3, 0.4) is 0 Å². The van der Waals surface area contributed by atoms with Crippen molar-refractivity contribution in [1.82, 2.24) is 4.98 Å². The summed E-state index contributed by atoms with van der Waals surface area (Å²) in [6.07, 6.45) is 0. The van der Waals surface area contributed by atoms with Crippen molar-refractivity contribution in [2.24, 2.45) is 0 Å². The lowest BCUT2D eigenvalue weighted by Gasteiger charge is -2.14. The Morgan fingerprint density at radius 1 is 1.04 bits per heavy atom. The number of carbonyl (C=O) groups is 3. The summed E-state index contributed by atoms with van der Waals surface area (Å²) < 4.78 is 4.94. The second-order valence-electron chi connectivity index (χ2n) is 4.82. The summed E-state index contributed by atoms with van der Waals surface area (Å²) in [4.78, 5) is 48.0. The summed E-state index contributed by atoms with van der Waals surface area (Å²) in [5.41, 5.74) is 2.25. The minimum atomic E-state index is -1.67. The van der Waals surface area contributed by atoms with Gasteiger partial charge in [-0.1, -0.05) is 6.07 Å². The third kappa shape index (κ3) is 3.00. The molecule has 2 rings (SSSR count). The van der Waals surface area contributed by atoms with E-state index in [1.165, 1.54) is 13.2 Å². The highest BCUT2D eigenvalue weighted by atomic mass is 16.5. The number of aromatic nitrogens is 1. The third-order valence-corrected chi connectivity index (χ3v) is 3.39. The number of benzene rings is 1. The molecule has 0 unspecified atom stereocenters. The predicted molar refractivity (Wildman–Crippen MR) is 84.3 cm³/mol. The van der Waals surface area contributed by atoms with E-state index in [4.69, 9.17) is 15.6 Å². The van der Waals surface area contributed by atoms with Gasteiger partial charge in [0.05, 0.1) is 7.11 Å². The van der Waals surface area contributed by atoms with Gasteiger partial charge >= 0.3 is 17.9 Å². The van der Waals surface area contributed by atoms with Crippen molar-refractivity contribution in [2.45, 2.75) is 0 Å². The number of nitrogens with one attached hydrogen (secondary N) is 1. The number of carboxylic acid groups (broad SMARTS) is 3. The molecule has 1 aromatic carbocycles. The molecule has 130 valence electrons. The van der Waals surface area contributed by atoms with E-state index >= 15 is 0 Å². The van der Waals surface area contributed by atoms with Gasteiger partial charge in [-0.05, 0) is 17.7 Å². The number of pyridine rings is 1. The number of hydrogen-bond donors (Lipinski definition) is 5. The van der Waals surface area contributed by atoms with Gasteiger partial charge in [0.2, 0.25) is 0 Å². The first-order valence-corrected chi connectivity index (χ1v) is 6.63. The lowest BCUT2D eigenvalue weighted by molar-refractivity contribution is 0.0679. The van der Waals surface area contributed by atoms with Crippen molar-refractivity contribution >= 4 is 23.7 Å². The molecule has 0 amide bonds. The molecule has 6 N–H and O–H groups in total. The van der Waals surface area contributed by atoms with Crippen LogP contribution in [-0.4, -0.2) is 45.3 Å². The van der Waals surface area contributed by atoms with Crippen LogP contribution in [-0.2, 0) is 0 Å². The van der Waals surface area contributed by atoms with Crippen molar-refractivity contribution in [3.05, 3.63) is 45.2 Å². The number of nitrogen functional groups attached to an aromatic ring is 1. The van der Waals surface area contributed by atoms with Gasteiger partial charge in [-0.15, -0.1) is 0 Å². The number of rotatable bonds is 5. The van der Waals surface area contributed by atoms with E-state index in [2.05, 4.69) is 0 Å². The molecule has 0 aliphatic rings. The van der Waals surface area contributed by atoms with E-state index in [-0.39, 0.29) is 16.9 Å². The van der Waals surface area contributed by atoms with E-state index in [1.807, 2.05) is 4.98 Å². The summed E-state index contributed by atoms with van der Waals surface area (Å²) in [7, 11) is 1.19. The zero-order valence-electron chi connectivity index (χ0n) is 12.7. The minimum Gasteiger partial charge on any atom is -0.496 e. The Morgan fingerprint density at radius 3 is 2.12 bits per heavy atom. The van der Waals surface area contributed by atoms with Crippen molar-refractivity contribution in [2.75, 3.05) is 12.8 Å². The molecule has 1 heterocycles. The highest BCUT2D eigenvalue weighted by Crippen LogP contribution is 2.33. The Hall–Kier alpha value is -3.82. The van der Waals surface area contributed by atoms with Gasteiger partial charge in [-0.2, -0.15) is 0 Å². The van der Waals surface area contributed by atoms with Crippen LogP contribution in [0, 0.1) is 0 Å². The lowest BCUT2D eigenvalue weighted by atomic mass is 9.94. The first-order chi connectivity index (χ1) is 11.7. The topological polar surface area (TPSA) is 180 Å². The molecular formula is C15H12N2O8. The molecule has 0 bridgehead atoms. The molecule has 10 heteroatoms. The van der Waals surface area contributed by atoms with E-state index in [0.717, 1.165) is 12.1 Å². The quantitative estimate of drug-likeness (QED) is 0.520. The lowest BCUT2D eigenvalue weighted by Crippen LogP contribution is -2.24. The first kappa shape index (κ1) is 17.5. The van der Waals surface area contributed by atoms with Crippen LogP contribution in [0.5, 0.6) is 5.75 Å². The number of aromatic amines is 1.